The third-order valence-electron chi connectivity index (χ3n) is 3.57. The number of rotatable bonds is 3. The van der Waals surface area contributed by atoms with Gasteiger partial charge in [0, 0.05) is 12.6 Å². The molecule has 1 atom stereocenters. The summed E-state index contributed by atoms with van der Waals surface area (Å²) < 4.78 is 14.0. The Labute approximate surface area is 104 Å². The Bertz CT molecular complexity index is 562. The van der Waals surface area contributed by atoms with Gasteiger partial charge < -0.3 is 5.32 Å². The topological polar surface area (TPSA) is 24.9 Å². The smallest absolute Gasteiger partial charge is 0.183 e. The minimum absolute atomic E-state index is 0.224. The molecule has 1 N–H and O–H groups in total. The predicted octanol–water partition coefficient (Wildman–Crippen LogP) is 3.89. The van der Waals surface area contributed by atoms with Crippen LogP contribution in [0, 0.1) is 17.2 Å². The van der Waals surface area contributed by atoms with Gasteiger partial charge in [-0.25, -0.2) is 9.37 Å². The van der Waals surface area contributed by atoms with Gasteiger partial charge in [-0.05, 0) is 29.9 Å². The maximum absolute atomic E-state index is 13.0. The number of nitrogens with zero attached hydrogens (tertiary/aromatic N) is 1. The molecular formula is C13H15FN2S. The quantitative estimate of drug-likeness (QED) is 0.893. The summed E-state index contributed by atoms with van der Waals surface area (Å²) in [7, 11) is 0. The fourth-order valence-corrected chi connectivity index (χ4v) is 2.96. The fourth-order valence-electron chi connectivity index (χ4n) is 2.11. The Kier molecular flexibility index (Phi) is 2.36. The van der Waals surface area contributed by atoms with Crippen LogP contribution in [-0.4, -0.2) is 11.5 Å². The standard InChI is InChI=1S/C13H15FN2S/c1-13(2)6-8(13)7-15-12-16-10-5-9(14)3-4-11(10)17-12/h3-5,8H,6-7H2,1-2H3,(H,15,16). The molecule has 0 amide bonds. The number of aromatic nitrogens is 1. The second kappa shape index (κ2) is 3.67. The third-order valence-corrected chi connectivity index (χ3v) is 4.56. The van der Waals surface area contributed by atoms with Crippen LogP contribution >= 0.6 is 11.3 Å². The zero-order valence-electron chi connectivity index (χ0n) is 9.96. The number of thiazole rings is 1. The first-order valence-corrected chi connectivity index (χ1v) is 6.66. The maximum Gasteiger partial charge on any atom is 0.183 e. The van der Waals surface area contributed by atoms with Crippen molar-refractivity contribution >= 4 is 26.7 Å². The van der Waals surface area contributed by atoms with Crippen molar-refractivity contribution in [3.63, 3.8) is 0 Å². The van der Waals surface area contributed by atoms with Crippen LogP contribution in [-0.2, 0) is 0 Å². The normalized spacial score (nSPS) is 21.7. The molecule has 0 spiro atoms. The van der Waals surface area contributed by atoms with Crippen molar-refractivity contribution in [2.24, 2.45) is 11.3 Å². The van der Waals surface area contributed by atoms with Crippen molar-refractivity contribution in [2.45, 2.75) is 20.3 Å². The van der Waals surface area contributed by atoms with E-state index in [1.807, 2.05) is 0 Å². The highest BCUT2D eigenvalue weighted by atomic mass is 32.1. The molecule has 1 aliphatic rings. The van der Waals surface area contributed by atoms with Crippen molar-refractivity contribution in [2.75, 3.05) is 11.9 Å². The molecule has 0 bridgehead atoms. The average Bonchev–Trinajstić information content (AvgIpc) is 2.71. The van der Waals surface area contributed by atoms with Gasteiger partial charge >= 0.3 is 0 Å². The molecule has 1 aromatic carbocycles. The van der Waals surface area contributed by atoms with Crippen molar-refractivity contribution in [1.29, 1.82) is 0 Å². The second-order valence-electron chi connectivity index (χ2n) is 5.40. The van der Waals surface area contributed by atoms with Gasteiger partial charge in [0.25, 0.3) is 0 Å². The maximum atomic E-state index is 13.0. The Morgan fingerprint density at radius 3 is 3.00 bits per heavy atom. The van der Waals surface area contributed by atoms with E-state index in [0.29, 0.717) is 5.41 Å². The highest BCUT2D eigenvalue weighted by Crippen LogP contribution is 2.51. The minimum atomic E-state index is -0.224. The molecule has 1 saturated carbocycles. The van der Waals surface area contributed by atoms with Gasteiger partial charge in [-0.2, -0.15) is 0 Å². The van der Waals surface area contributed by atoms with Gasteiger partial charge in [-0.15, -0.1) is 0 Å². The van der Waals surface area contributed by atoms with E-state index in [-0.39, 0.29) is 5.82 Å². The molecule has 2 aromatic rings. The van der Waals surface area contributed by atoms with Crippen LogP contribution in [0.5, 0.6) is 0 Å². The van der Waals surface area contributed by atoms with E-state index in [2.05, 4.69) is 24.1 Å². The average molecular weight is 250 g/mol. The number of hydrogen-bond donors (Lipinski definition) is 1. The summed E-state index contributed by atoms with van der Waals surface area (Å²) >= 11 is 1.59. The number of nitrogens with one attached hydrogen (secondary N) is 1. The number of benzene rings is 1. The van der Waals surface area contributed by atoms with Crippen LogP contribution in [0.1, 0.15) is 20.3 Å². The van der Waals surface area contributed by atoms with E-state index >= 15 is 0 Å². The highest BCUT2D eigenvalue weighted by Gasteiger charge is 2.45. The summed E-state index contributed by atoms with van der Waals surface area (Å²) in [5.74, 6) is 0.518. The molecule has 17 heavy (non-hydrogen) atoms. The van der Waals surface area contributed by atoms with Gasteiger partial charge in [0.15, 0.2) is 5.13 Å². The number of fused-ring (bicyclic) bond motifs is 1. The Morgan fingerprint density at radius 2 is 2.29 bits per heavy atom. The lowest BCUT2D eigenvalue weighted by atomic mass is 10.1. The molecule has 90 valence electrons. The van der Waals surface area contributed by atoms with Gasteiger partial charge in [-0.1, -0.05) is 25.2 Å². The second-order valence-corrected chi connectivity index (χ2v) is 6.43. The summed E-state index contributed by atoms with van der Waals surface area (Å²) in [5, 5.41) is 4.25. The van der Waals surface area contributed by atoms with E-state index in [1.165, 1.54) is 18.6 Å². The van der Waals surface area contributed by atoms with E-state index in [0.717, 1.165) is 27.8 Å². The minimum Gasteiger partial charge on any atom is -0.361 e. The van der Waals surface area contributed by atoms with Crippen molar-refractivity contribution < 1.29 is 4.39 Å². The molecule has 1 unspecified atom stereocenters. The van der Waals surface area contributed by atoms with Crippen LogP contribution < -0.4 is 5.32 Å². The number of anilines is 1. The highest BCUT2D eigenvalue weighted by molar-refractivity contribution is 7.22. The Morgan fingerprint density at radius 1 is 1.53 bits per heavy atom. The Hall–Kier alpha value is -1.16. The first kappa shape index (κ1) is 11.0. The lowest BCUT2D eigenvalue weighted by Gasteiger charge is -2.03. The summed E-state index contributed by atoms with van der Waals surface area (Å²) in [6.45, 7) is 5.54. The van der Waals surface area contributed by atoms with E-state index < -0.39 is 0 Å². The monoisotopic (exact) mass is 250 g/mol. The molecule has 0 radical (unpaired) electrons. The fraction of sp³-hybridized carbons (Fsp3) is 0.462. The van der Waals surface area contributed by atoms with E-state index in [9.17, 15) is 4.39 Å². The summed E-state index contributed by atoms with van der Waals surface area (Å²) in [6, 6.07) is 4.75. The summed E-state index contributed by atoms with van der Waals surface area (Å²) in [6.07, 6.45) is 1.28. The van der Waals surface area contributed by atoms with E-state index in [4.69, 9.17) is 0 Å². The lowest BCUT2D eigenvalue weighted by Crippen LogP contribution is -2.06. The molecular weight excluding hydrogens is 235 g/mol. The third kappa shape index (κ3) is 2.14. The van der Waals surface area contributed by atoms with Crippen LogP contribution in [0.3, 0.4) is 0 Å². The molecule has 1 fully saturated rings. The molecule has 1 aromatic heterocycles. The molecule has 3 rings (SSSR count). The lowest BCUT2D eigenvalue weighted by molar-refractivity contribution is 0.573. The van der Waals surface area contributed by atoms with Crippen molar-refractivity contribution in [3.8, 4) is 0 Å². The SMILES string of the molecule is CC1(C)CC1CNc1nc2cc(F)ccc2s1. The first-order chi connectivity index (χ1) is 8.04. The van der Waals surface area contributed by atoms with Crippen molar-refractivity contribution in [1.82, 2.24) is 4.98 Å². The molecule has 2 nitrogen and oxygen atoms in total. The van der Waals surface area contributed by atoms with E-state index in [1.54, 1.807) is 17.4 Å². The number of hydrogen-bond acceptors (Lipinski definition) is 3. The predicted molar refractivity (Wildman–Crippen MR) is 70.0 cm³/mol. The van der Waals surface area contributed by atoms with Crippen LogP contribution in [0.15, 0.2) is 18.2 Å². The molecule has 0 saturated heterocycles. The summed E-state index contributed by atoms with van der Waals surface area (Å²) in [4.78, 5) is 4.39. The zero-order chi connectivity index (χ0) is 12.0. The largest absolute Gasteiger partial charge is 0.361 e. The van der Waals surface area contributed by atoms with Crippen molar-refractivity contribution in [3.05, 3.63) is 24.0 Å². The first-order valence-electron chi connectivity index (χ1n) is 5.84. The van der Waals surface area contributed by atoms with Gasteiger partial charge in [0.2, 0.25) is 0 Å². The van der Waals surface area contributed by atoms with Crippen LogP contribution in [0.25, 0.3) is 10.2 Å². The number of halogens is 1. The molecule has 1 heterocycles. The van der Waals surface area contributed by atoms with Gasteiger partial charge in [0.05, 0.1) is 10.2 Å². The van der Waals surface area contributed by atoms with Crippen LogP contribution in [0.2, 0.25) is 0 Å². The Balaban J connectivity index is 1.73. The van der Waals surface area contributed by atoms with Gasteiger partial charge in [0.1, 0.15) is 5.82 Å². The molecule has 0 aliphatic heterocycles. The van der Waals surface area contributed by atoms with Crippen LogP contribution in [0.4, 0.5) is 9.52 Å². The van der Waals surface area contributed by atoms with Gasteiger partial charge in [-0.3, -0.25) is 0 Å². The molecule has 1 aliphatic carbocycles. The molecule has 4 heteroatoms. The summed E-state index contributed by atoms with van der Waals surface area (Å²) in [5.41, 5.74) is 1.23. The zero-order valence-corrected chi connectivity index (χ0v) is 10.8.